The number of aromatic nitrogens is 2. The van der Waals surface area contributed by atoms with Crippen molar-refractivity contribution in [2.24, 2.45) is 0 Å². The Labute approximate surface area is 171 Å². The van der Waals surface area contributed by atoms with E-state index in [1.165, 1.54) is 11.3 Å². The Hall–Kier alpha value is -2.67. The molecule has 5 nitrogen and oxygen atoms in total. The number of benzene rings is 2. The van der Waals surface area contributed by atoms with Gasteiger partial charge in [-0.3, -0.25) is 4.79 Å². The molecule has 1 amide bonds. The highest BCUT2D eigenvalue weighted by Crippen LogP contribution is 2.31. The summed E-state index contributed by atoms with van der Waals surface area (Å²) in [4.78, 5) is 17.2. The van der Waals surface area contributed by atoms with E-state index in [-0.39, 0.29) is 5.91 Å². The van der Waals surface area contributed by atoms with Gasteiger partial charge in [0.25, 0.3) is 5.91 Å². The van der Waals surface area contributed by atoms with Crippen molar-refractivity contribution in [3.05, 3.63) is 70.7 Å². The number of carbonyl (C=O) groups excluding carboxylic acids is 1. The van der Waals surface area contributed by atoms with Gasteiger partial charge >= 0.3 is 0 Å². The molecule has 0 unspecified atom stereocenters. The van der Waals surface area contributed by atoms with Crippen LogP contribution in [0.1, 0.15) is 10.5 Å². The minimum atomic E-state index is -0.282. The third-order valence-electron chi connectivity index (χ3n) is 4.41. The third kappa shape index (κ3) is 3.67. The molecule has 0 fully saturated rings. The molecule has 0 bridgehead atoms. The summed E-state index contributed by atoms with van der Waals surface area (Å²) in [5, 5.41) is 6.99. The minimum Gasteiger partial charge on any atom is -0.383 e. The second-order valence-electron chi connectivity index (χ2n) is 6.20. The number of anilines is 1. The zero-order chi connectivity index (χ0) is 19.5. The largest absolute Gasteiger partial charge is 0.383 e. The van der Waals surface area contributed by atoms with Crippen LogP contribution in [0.2, 0.25) is 5.02 Å². The molecule has 2 heterocycles. The molecule has 0 aliphatic heterocycles. The molecule has 2 aromatic heterocycles. The molecular formula is C21H18ClN3O2S. The zero-order valence-corrected chi connectivity index (χ0v) is 16.8. The number of fused-ring (bicyclic) bond motifs is 1. The Morgan fingerprint density at radius 1 is 1.21 bits per heavy atom. The molecule has 0 saturated heterocycles. The first-order valence-electron chi connectivity index (χ1n) is 8.76. The standard InChI is InChI=1S/C21H18ClN3O2S/c1-27-11-10-25-18-9-5-2-6-14(18)12-19(25)21-24-17(13-28-21)20(26)23-16-8-4-3-7-15(16)22/h2-9,12-13H,10-11H2,1H3,(H,23,26). The number of halogens is 1. The third-order valence-corrected chi connectivity index (χ3v) is 5.60. The van der Waals surface area contributed by atoms with Crippen molar-refractivity contribution in [2.45, 2.75) is 6.54 Å². The summed E-state index contributed by atoms with van der Waals surface area (Å²) in [5.41, 5.74) is 3.02. The lowest BCUT2D eigenvalue weighted by Gasteiger charge is -2.08. The Morgan fingerprint density at radius 3 is 2.82 bits per heavy atom. The average molecular weight is 412 g/mol. The van der Waals surface area contributed by atoms with Crippen molar-refractivity contribution < 1.29 is 9.53 Å². The van der Waals surface area contributed by atoms with Crippen LogP contribution in [-0.2, 0) is 11.3 Å². The Kier molecular flexibility index (Phi) is 5.43. The van der Waals surface area contributed by atoms with E-state index < -0.39 is 0 Å². The van der Waals surface area contributed by atoms with Gasteiger partial charge in [-0.15, -0.1) is 11.3 Å². The van der Waals surface area contributed by atoms with E-state index in [0.29, 0.717) is 29.6 Å². The van der Waals surface area contributed by atoms with Crippen molar-refractivity contribution in [3.8, 4) is 10.7 Å². The number of rotatable bonds is 6. The normalized spacial score (nSPS) is 11.1. The molecule has 0 atom stereocenters. The zero-order valence-electron chi connectivity index (χ0n) is 15.2. The van der Waals surface area contributed by atoms with Crippen molar-refractivity contribution in [3.63, 3.8) is 0 Å². The fraction of sp³-hybridized carbons (Fsp3) is 0.143. The number of para-hydroxylation sites is 2. The van der Waals surface area contributed by atoms with E-state index >= 15 is 0 Å². The predicted octanol–water partition coefficient (Wildman–Crippen LogP) is 5.32. The summed E-state index contributed by atoms with van der Waals surface area (Å²) in [6.07, 6.45) is 0. The maximum atomic E-state index is 12.6. The lowest BCUT2D eigenvalue weighted by Crippen LogP contribution is -2.12. The highest BCUT2D eigenvalue weighted by atomic mass is 35.5. The van der Waals surface area contributed by atoms with Gasteiger partial charge in [0, 0.05) is 29.9 Å². The fourth-order valence-corrected chi connectivity index (χ4v) is 4.06. The number of ether oxygens (including phenoxy) is 1. The van der Waals surface area contributed by atoms with Crippen LogP contribution in [0.5, 0.6) is 0 Å². The molecule has 0 spiro atoms. The number of methoxy groups -OCH3 is 1. The molecule has 0 aliphatic rings. The van der Waals surface area contributed by atoms with Crippen molar-refractivity contribution in [1.29, 1.82) is 0 Å². The molecule has 0 radical (unpaired) electrons. The number of nitrogens with one attached hydrogen (secondary N) is 1. The smallest absolute Gasteiger partial charge is 0.275 e. The molecule has 2 aromatic carbocycles. The van der Waals surface area contributed by atoms with Gasteiger partial charge in [0.05, 0.1) is 23.0 Å². The molecule has 0 saturated carbocycles. The molecule has 28 heavy (non-hydrogen) atoms. The predicted molar refractivity (Wildman–Crippen MR) is 114 cm³/mol. The lowest BCUT2D eigenvalue weighted by molar-refractivity contribution is 0.102. The van der Waals surface area contributed by atoms with Crippen LogP contribution in [0, 0.1) is 0 Å². The van der Waals surface area contributed by atoms with E-state index in [4.69, 9.17) is 16.3 Å². The van der Waals surface area contributed by atoms with Crippen LogP contribution in [0.4, 0.5) is 5.69 Å². The number of hydrogen-bond acceptors (Lipinski definition) is 4. The molecule has 142 valence electrons. The van der Waals surface area contributed by atoms with Crippen LogP contribution in [0.3, 0.4) is 0 Å². The summed E-state index contributed by atoms with van der Waals surface area (Å²) < 4.78 is 7.44. The second-order valence-corrected chi connectivity index (χ2v) is 7.47. The van der Waals surface area contributed by atoms with Crippen LogP contribution in [0.25, 0.3) is 21.6 Å². The highest BCUT2D eigenvalue weighted by Gasteiger charge is 2.17. The maximum Gasteiger partial charge on any atom is 0.275 e. The van der Waals surface area contributed by atoms with Crippen molar-refractivity contribution in [2.75, 3.05) is 19.0 Å². The van der Waals surface area contributed by atoms with Gasteiger partial charge in [0.15, 0.2) is 0 Å². The monoisotopic (exact) mass is 411 g/mol. The van der Waals surface area contributed by atoms with E-state index in [0.717, 1.165) is 21.6 Å². The average Bonchev–Trinajstić information content (AvgIpc) is 3.33. The van der Waals surface area contributed by atoms with E-state index in [1.807, 2.05) is 24.3 Å². The van der Waals surface area contributed by atoms with Gasteiger partial charge < -0.3 is 14.6 Å². The van der Waals surface area contributed by atoms with E-state index in [9.17, 15) is 4.79 Å². The minimum absolute atomic E-state index is 0.282. The van der Waals surface area contributed by atoms with Gasteiger partial charge in [-0.2, -0.15) is 0 Å². The van der Waals surface area contributed by atoms with Crippen LogP contribution < -0.4 is 5.32 Å². The topological polar surface area (TPSA) is 56.2 Å². The van der Waals surface area contributed by atoms with Crippen molar-refractivity contribution >= 4 is 45.4 Å². The Morgan fingerprint density at radius 2 is 2.00 bits per heavy atom. The number of carbonyl (C=O) groups is 1. The van der Waals surface area contributed by atoms with Gasteiger partial charge in [-0.1, -0.05) is 41.9 Å². The quantitative estimate of drug-likeness (QED) is 0.467. The van der Waals surface area contributed by atoms with E-state index in [1.54, 1.807) is 24.6 Å². The molecule has 4 aromatic rings. The maximum absolute atomic E-state index is 12.6. The molecule has 7 heteroatoms. The van der Waals surface area contributed by atoms with Crippen LogP contribution in [-0.4, -0.2) is 29.2 Å². The van der Waals surface area contributed by atoms with Crippen LogP contribution >= 0.6 is 22.9 Å². The molecule has 1 N–H and O–H groups in total. The summed E-state index contributed by atoms with van der Waals surface area (Å²) >= 11 is 7.57. The van der Waals surface area contributed by atoms with Crippen LogP contribution in [0.15, 0.2) is 60.0 Å². The highest BCUT2D eigenvalue weighted by molar-refractivity contribution is 7.13. The van der Waals surface area contributed by atoms with Gasteiger partial charge in [-0.05, 0) is 24.3 Å². The van der Waals surface area contributed by atoms with Gasteiger partial charge in [0.1, 0.15) is 10.7 Å². The van der Waals surface area contributed by atoms with Gasteiger partial charge in [0.2, 0.25) is 0 Å². The first-order chi connectivity index (χ1) is 13.7. The number of hydrogen-bond donors (Lipinski definition) is 1. The second kappa shape index (κ2) is 8.14. The number of thiazole rings is 1. The SMILES string of the molecule is COCCn1c(-c2nc(C(=O)Nc3ccccc3Cl)cs2)cc2ccccc21. The fourth-order valence-electron chi connectivity index (χ4n) is 3.06. The summed E-state index contributed by atoms with van der Waals surface area (Å²) in [6.45, 7) is 1.30. The Bertz CT molecular complexity index is 1140. The van der Waals surface area contributed by atoms with Gasteiger partial charge in [-0.25, -0.2) is 4.98 Å². The first kappa shape index (κ1) is 18.7. The van der Waals surface area contributed by atoms with Crippen molar-refractivity contribution in [1.82, 2.24) is 9.55 Å². The molecule has 4 rings (SSSR count). The number of nitrogens with zero attached hydrogens (tertiary/aromatic N) is 2. The Balaban J connectivity index is 1.65. The summed E-state index contributed by atoms with van der Waals surface area (Å²) in [6, 6.07) is 17.4. The van der Waals surface area contributed by atoms with E-state index in [2.05, 4.69) is 33.1 Å². The summed E-state index contributed by atoms with van der Waals surface area (Å²) in [5.74, 6) is -0.282. The summed E-state index contributed by atoms with van der Waals surface area (Å²) in [7, 11) is 1.69. The number of amides is 1. The first-order valence-corrected chi connectivity index (χ1v) is 10.0. The molecule has 0 aliphatic carbocycles. The molecular weight excluding hydrogens is 394 g/mol. The lowest BCUT2D eigenvalue weighted by atomic mass is 10.2.